The SMILES string of the molecule is COc1ccc(CC(=O)N(CC(=O)Nc2nc(-c3ccncc3)cn2-c2ccccc2)C(C)C)cc1OC. The van der Waals surface area contributed by atoms with Crippen LogP contribution < -0.4 is 14.8 Å². The lowest BCUT2D eigenvalue weighted by molar-refractivity contribution is -0.135. The number of anilines is 1. The van der Waals surface area contributed by atoms with E-state index in [0.717, 1.165) is 16.8 Å². The minimum absolute atomic E-state index is 0.115. The minimum Gasteiger partial charge on any atom is -0.493 e. The summed E-state index contributed by atoms with van der Waals surface area (Å²) in [5, 5.41) is 2.90. The average molecular weight is 514 g/mol. The van der Waals surface area contributed by atoms with E-state index in [2.05, 4.69) is 15.3 Å². The number of benzene rings is 2. The highest BCUT2D eigenvalue weighted by atomic mass is 16.5. The zero-order chi connectivity index (χ0) is 27.1. The van der Waals surface area contributed by atoms with Crippen LogP contribution in [0.4, 0.5) is 5.95 Å². The topological polar surface area (TPSA) is 98.6 Å². The summed E-state index contributed by atoms with van der Waals surface area (Å²) in [6.45, 7) is 3.65. The Morgan fingerprint density at radius 3 is 2.34 bits per heavy atom. The van der Waals surface area contributed by atoms with E-state index in [9.17, 15) is 9.59 Å². The number of pyridine rings is 1. The van der Waals surface area contributed by atoms with E-state index in [-0.39, 0.29) is 30.8 Å². The summed E-state index contributed by atoms with van der Waals surface area (Å²) in [7, 11) is 3.11. The predicted molar refractivity (Wildman–Crippen MR) is 146 cm³/mol. The fraction of sp³-hybridized carbons (Fsp3) is 0.241. The number of aromatic nitrogens is 3. The number of para-hydroxylation sites is 1. The lowest BCUT2D eigenvalue weighted by Gasteiger charge is -2.26. The molecule has 0 spiro atoms. The Hall–Kier alpha value is -4.66. The standard InChI is InChI=1S/C29H31N5O4/c1-20(2)33(28(36)17-21-10-11-25(37-3)26(16-21)38-4)19-27(35)32-29-31-24(22-12-14-30-15-13-22)18-34(29)23-8-6-5-7-9-23/h5-16,18,20H,17,19H2,1-4H3,(H,31,32,35). The van der Waals surface area contributed by atoms with Crippen molar-refractivity contribution >= 4 is 17.8 Å². The predicted octanol–water partition coefficient (Wildman–Crippen LogP) is 4.37. The number of hydrogen-bond acceptors (Lipinski definition) is 6. The quantitative estimate of drug-likeness (QED) is 0.338. The van der Waals surface area contributed by atoms with Gasteiger partial charge in [-0.3, -0.25) is 24.5 Å². The fourth-order valence-corrected chi connectivity index (χ4v) is 4.06. The molecule has 196 valence electrons. The van der Waals surface area contributed by atoms with Crippen LogP contribution in [0.3, 0.4) is 0 Å². The molecule has 2 amide bonds. The molecule has 9 nitrogen and oxygen atoms in total. The zero-order valence-electron chi connectivity index (χ0n) is 21.9. The molecular formula is C29H31N5O4. The number of carbonyl (C=O) groups excluding carboxylic acids is 2. The maximum atomic E-state index is 13.2. The molecule has 0 aliphatic rings. The first-order chi connectivity index (χ1) is 18.4. The molecule has 0 atom stereocenters. The molecule has 4 aromatic rings. The number of amides is 2. The van der Waals surface area contributed by atoms with Gasteiger partial charge < -0.3 is 14.4 Å². The number of imidazole rings is 1. The van der Waals surface area contributed by atoms with Gasteiger partial charge >= 0.3 is 0 Å². The molecule has 2 aromatic heterocycles. The van der Waals surface area contributed by atoms with Crippen LogP contribution in [0.1, 0.15) is 19.4 Å². The van der Waals surface area contributed by atoms with Crippen molar-refractivity contribution in [3.8, 4) is 28.4 Å². The summed E-state index contributed by atoms with van der Waals surface area (Å²) in [6, 6.07) is 18.5. The Kier molecular flexibility index (Phi) is 8.37. The number of nitrogens with one attached hydrogen (secondary N) is 1. The highest BCUT2D eigenvalue weighted by Gasteiger charge is 2.22. The smallest absolute Gasteiger partial charge is 0.246 e. The second kappa shape index (κ2) is 12.1. The second-order valence-electron chi connectivity index (χ2n) is 8.92. The van der Waals surface area contributed by atoms with E-state index in [1.807, 2.05) is 73.1 Å². The van der Waals surface area contributed by atoms with Crippen LogP contribution >= 0.6 is 0 Å². The van der Waals surface area contributed by atoms with Gasteiger partial charge in [-0.05, 0) is 55.8 Å². The number of rotatable bonds is 10. The molecular weight excluding hydrogens is 482 g/mol. The first kappa shape index (κ1) is 26.4. The zero-order valence-corrected chi connectivity index (χ0v) is 21.9. The Morgan fingerprint density at radius 1 is 0.974 bits per heavy atom. The van der Waals surface area contributed by atoms with E-state index in [1.165, 1.54) is 0 Å². The van der Waals surface area contributed by atoms with Crippen LogP contribution in [-0.2, 0) is 16.0 Å². The lowest BCUT2D eigenvalue weighted by Crippen LogP contribution is -2.43. The van der Waals surface area contributed by atoms with Crippen LogP contribution in [0.5, 0.6) is 11.5 Å². The average Bonchev–Trinajstić information content (AvgIpc) is 3.36. The summed E-state index contributed by atoms with van der Waals surface area (Å²) in [4.78, 5) is 36.7. The summed E-state index contributed by atoms with van der Waals surface area (Å²) in [5.74, 6) is 0.979. The first-order valence-corrected chi connectivity index (χ1v) is 12.2. The van der Waals surface area contributed by atoms with Crippen molar-refractivity contribution in [3.63, 3.8) is 0 Å². The summed E-state index contributed by atoms with van der Waals surface area (Å²) >= 11 is 0. The van der Waals surface area contributed by atoms with E-state index < -0.39 is 0 Å². The van der Waals surface area contributed by atoms with Gasteiger partial charge in [-0.15, -0.1) is 0 Å². The van der Waals surface area contributed by atoms with E-state index in [1.54, 1.807) is 43.6 Å². The molecule has 0 fully saturated rings. The van der Waals surface area contributed by atoms with Gasteiger partial charge in [-0.1, -0.05) is 24.3 Å². The number of hydrogen-bond donors (Lipinski definition) is 1. The largest absolute Gasteiger partial charge is 0.493 e. The highest BCUT2D eigenvalue weighted by Crippen LogP contribution is 2.28. The lowest BCUT2D eigenvalue weighted by atomic mass is 10.1. The van der Waals surface area contributed by atoms with Crippen LogP contribution in [0.15, 0.2) is 79.3 Å². The van der Waals surface area contributed by atoms with Gasteiger partial charge in [0.05, 0.1) is 26.3 Å². The number of carbonyl (C=O) groups is 2. The van der Waals surface area contributed by atoms with Crippen LogP contribution in [0.25, 0.3) is 16.9 Å². The van der Waals surface area contributed by atoms with Crippen molar-refractivity contribution in [2.24, 2.45) is 0 Å². The van der Waals surface area contributed by atoms with Gasteiger partial charge in [-0.2, -0.15) is 0 Å². The molecule has 0 saturated carbocycles. The van der Waals surface area contributed by atoms with Gasteiger partial charge in [-0.25, -0.2) is 4.98 Å². The fourth-order valence-electron chi connectivity index (χ4n) is 4.06. The van der Waals surface area contributed by atoms with Crippen LogP contribution in [0.2, 0.25) is 0 Å². The van der Waals surface area contributed by atoms with Crippen molar-refractivity contribution in [1.29, 1.82) is 0 Å². The molecule has 2 aromatic carbocycles. The molecule has 9 heteroatoms. The molecule has 0 aliphatic heterocycles. The Bertz CT molecular complexity index is 1390. The third-order valence-electron chi connectivity index (χ3n) is 6.03. The van der Waals surface area contributed by atoms with Gasteiger partial charge in [0.25, 0.3) is 0 Å². The third kappa shape index (κ3) is 6.18. The normalized spacial score (nSPS) is 10.8. The van der Waals surface area contributed by atoms with Crippen LogP contribution in [-0.4, -0.2) is 58.1 Å². The van der Waals surface area contributed by atoms with E-state index in [0.29, 0.717) is 23.1 Å². The molecule has 38 heavy (non-hydrogen) atoms. The first-order valence-electron chi connectivity index (χ1n) is 12.2. The molecule has 2 heterocycles. The van der Waals surface area contributed by atoms with Gasteiger partial charge in [0.15, 0.2) is 11.5 Å². The van der Waals surface area contributed by atoms with Crippen LogP contribution in [0, 0.1) is 0 Å². The van der Waals surface area contributed by atoms with E-state index >= 15 is 0 Å². The Labute approximate surface area is 222 Å². The molecule has 0 bridgehead atoms. The molecule has 1 N–H and O–H groups in total. The van der Waals surface area contributed by atoms with Crippen molar-refractivity contribution in [2.45, 2.75) is 26.3 Å². The van der Waals surface area contributed by atoms with Crippen molar-refractivity contribution in [3.05, 3.63) is 84.8 Å². The van der Waals surface area contributed by atoms with Gasteiger partial charge in [0.1, 0.15) is 6.54 Å². The molecule has 0 radical (unpaired) electrons. The maximum Gasteiger partial charge on any atom is 0.246 e. The Morgan fingerprint density at radius 2 is 1.68 bits per heavy atom. The van der Waals surface area contributed by atoms with Crippen molar-refractivity contribution in [1.82, 2.24) is 19.4 Å². The molecule has 0 saturated heterocycles. The summed E-state index contributed by atoms with van der Waals surface area (Å²) in [6.07, 6.45) is 5.37. The van der Waals surface area contributed by atoms with Gasteiger partial charge in [0, 0.05) is 35.9 Å². The highest BCUT2D eigenvalue weighted by molar-refractivity contribution is 5.94. The molecule has 0 aliphatic carbocycles. The van der Waals surface area contributed by atoms with Gasteiger partial charge in [0.2, 0.25) is 17.8 Å². The monoisotopic (exact) mass is 513 g/mol. The molecule has 4 rings (SSSR count). The summed E-state index contributed by atoms with van der Waals surface area (Å²) in [5.41, 5.74) is 3.18. The third-order valence-corrected chi connectivity index (χ3v) is 6.03. The number of methoxy groups -OCH3 is 2. The van der Waals surface area contributed by atoms with Crippen molar-refractivity contribution < 1.29 is 19.1 Å². The summed E-state index contributed by atoms with van der Waals surface area (Å²) < 4.78 is 12.4. The van der Waals surface area contributed by atoms with Crippen molar-refractivity contribution in [2.75, 3.05) is 26.1 Å². The Balaban J connectivity index is 1.53. The number of ether oxygens (including phenoxy) is 2. The minimum atomic E-state index is -0.344. The molecule has 0 unspecified atom stereocenters. The maximum absolute atomic E-state index is 13.2. The number of nitrogens with zero attached hydrogens (tertiary/aromatic N) is 4. The van der Waals surface area contributed by atoms with E-state index in [4.69, 9.17) is 9.47 Å². The second-order valence-corrected chi connectivity index (χ2v) is 8.92.